The lowest BCUT2D eigenvalue weighted by atomic mass is 10.2. The van der Waals surface area contributed by atoms with Crippen molar-refractivity contribution >= 4 is 36.4 Å². The molecule has 2 aromatic rings. The van der Waals surface area contributed by atoms with Gasteiger partial charge in [0.25, 0.3) is 0 Å². The number of hydrogen-bond acceptors (Lipinski definition) is 4. The highest BCUT2D eigenvalue weighted by atomic mass is 35.5. The van der Waals surface area contributed by atoms with Gasteiger partial charge in [0.15, 0.2) is 11.5 Å². The van der Waals surface area contributed by atoms with E-state index in [1.807, 2.05) is 43.4 Å². The molecule has 2 rings (SSSR count). The smallest absolute Gasteiger partial charge is 0.161 e. The van der Waals surface area contributed by atoms with Crippen LogP contribution in [-0.4, -0.2) is 27.2 Å². The zero-order valence-electron chi connectivity index (χ0n) is 15.1. The van der Waals surface area contributed by atoms with E-state index >= 15 is 0 Å². The van der Waals surface area contributed by atoms with Crippen LogP contribution in [0.2, 0.25) is 5.02 Å². The highest BCUT2D eigenvalue weighted by molar-refractivity contribution is 6.31. The van der Waals surface area contributed by atoms with Crippen molar-refractivity contribution in [3.63, 3.8) is 0 Å². The fraction of sp³-hybridized carbons (Fsp3) is 0.368. The molecule has 0 aromatic heterocycles. The number of ether oxygens (including phenoxy) is 2. The van der Waals surface area contributed by atoms with Crippen LogP contribution in [-0.2, 0) is 13.2 Å². The minimum Gasteiger partial charge on any atom is -0.493 e. The van der Waals surface area contributed by atoms with E-state index in [4.69, 9.17) is 21.1 Å². The zero-order valence-corrected chi connectivity index (χ0v) is 17.5. The van der Waals surface area contributed by atoms with Gasteiger partial charge in [0.1, 0.15) is 6.61 Å². The minimum atomic E-state index is 0. The molecule has 0 aliphatic carbocycles. The number of methoxy groups -OCH3 is 1. The molecule has 0 saturated heterocycles. The van der Waals surface area contributed by atoms with Crippen LogP contribution >= 0.6 is 36.4 Å². The molecule has 2 aromatic carbocycles. The summed E-state index contributed by atoms with van der Waals surface area (Å²) in [6, 6.07) is 13.7. The molecule has 0 fully saturated rings. The van der Waals surface area contributed by atoms with Crippen LogP contribution in [0.15, 0.2) is 42.5 Å². The molecule has 146 valence electrons. The van der Waals surface area contributed by atoms with E-state index in [2.05, 4.69) is 16.7 Å². The first-order valence-corrected chi connectivity index (χ1v) is 8.51. The van der Waals surface area contributed by atoms with Crippen LogP contribution in [0.3, 0.4) is 0 Å². The molecule has 26 heavy (non-hydrogen) atoms. The van der Waals surface area contributed by atoms with Crippen LogP contribution in [0, 0.1) is 0 Å². The summed E-state index contributed by atoms with van der Waals surface area (Å²) in [6.07, 6.45) is 1.10. The SMILES string of the molecule is CNCCCNCc1ccc(OCc2ccccc2Cl)c(OC)c1.Cl.Cl. The topological polar surface area (TPSA) is 42.5 Å². The third kappa shape index (κ3) is 8.02. The lowest BCUT2D eigenvalue weighted by Crippen LogP contribution is -2.19. The summed E-state index contributed by atoms with van der Waals surface area (Å²) in [5.74, 6) is 1.45. The third-order valence-corrected chi connectivity index (χ3v) is 4.05. The van der Waals surface area contributed by atoms with Crippen molar-refractivity contribution in [2.75, 3.05) is 27.2 Å². The molecule has 0 amide bonds. The van der Waals surface area contributed by atoms with E-state index in [9.17, 15) is 0 Å². The van der Waals surface area contributed by atoms with Gasteiger partial charge in [0, 0.05) is 17.1 Å². The van der Waals surface area contributed by atoms with Gasteiger partial charge >= 0.3 is 0 Å². The molecule has 4 nitrogen and oxygen atoms in total. The molecule has 0 spiro atoms. The number of nitrogens with one attached hydrogen (secondary N) is 2. The van der Waals surface area contributed by atoms with Crippen LogP contribution in [0.4, 0.5) is 0 Å². The van der Waals surface area contributed by atoms with E-state index in [0.29, 0.717) is 11.6 Å². The Kier molecular flexibility index (Phi) is 13.3. The summed E-state index contributed by atoms with van der Waals surface area (Å²) in [5, 5.41) is 7.26. The summed E-state index contributed by atoms with van der Waals surface area (Å²) in [7, 11) is 3.62. The maximum Gasteiger partial charge on any atom is 0.161 e. The van der Waals surface area contributed by atoms with Crippen LogP contribution < -0.4 is 20.1 Å². The monoisotopic (exact) mass is 420 g/mol. The lowest BCUT2D eigenvalue weighted by Gasteiger charge is -2.13. The first-order valence-electron chi connectivity index (χ1n) is 8.13. The first-order chi connectivity index (χ1) is 11.7. The van der Waals surface area contributed by atoms with Gasteiger partial charge in [-0.2, -0.15) is 0 Å². The molecule has 7 heteroatoms. The molecule has 0 heterocycles. The van der Waals surface area contributed by atoms with Gasteiger partial charge in [-0.15, -0.1) is 24.8 Å². The van der Waals surface area contributed by atoms with E-state index in [-0.39, 0.29) is 24.8 Å². The van der Waals surface area contributed by atoms with E-state index in [1.54, 1.807) is 7.11 Å². The van der Waals surface area contributed by atoms with Crippen molar-refractivity contribution in [2.24, 2.45) is 0 Å². The van der Waals surface area contributed by atoms with Crippen molar-refractivity contribution in [3.05, 3.63) is 58.6 Å². The standard InChI is InChI=1S/C19H25ClN2O2.2ClH/c1-21-10-5-11-22-13-15-8-9-18(19(12-15)23-2)24-14-16-6-3-4-7-17(16)20;;/h3-4,6-9,12,21-22H,5,10-11,13-14H2,1-2H3;2*1H. The second-order valence-electron chi connectivity index (χ2n) is 5.50. The van der Waals surface area contributed by atoms with Gasteiger partial charge in [0.05, 0.1) is 7.11 Å². The van der Waals surface area contributed by atoms with Crippen molar-refractivity contribution in [1.82, 2.24) is 10.6 Å². The Bertz CT molecular complexity index is 642. The number of hydrogen-bond donors (Lipinski definition) is 2. The van der Waals surface area contributed by atoms with Crippen molar-refractivity contribution in [2.45, 2.75) is 19.6 Å². The second-order valence-corrected chi connectivity index (χ2v) is 5.91. The van der Waals surface area contributed by atoms with Gasteiger partial charge in [0.2, 0.25) is 0 Å². The summed E-state index contributed by atoms with van der Waals surface area (Å²) >= 11 is 6.16. The zero-order chi connectivity index (χ0) is 17.2. The molecule has 0 unspecified atom stereocenters. The average molecular weight is 422 g/mol. The Hall–Kier alpha value is -1.17. The Morgan fingerprint density at radius 3 is 2.46 bits per heavy atom. The Morgan fingerprint density at radius 1 is 1.00 bits per heavy atom. The summed E-state index contributed by atoms with van der Waals surface area (Å²) in [4.78, 5) is 0. The largest absolute Gasteiger partial charge is 0.493 e. The van der Waals surface area contributed by atoms with E-state index in [0.717, 1.165) is 43.1 Å². The lowest BCUT2D eigenvalue weighted by molar-refractivity contribution is 0.284. The van der Waals surface area contributed by atoms with Crippen LogP contribution in [0.1, 0.15) is 17.5 Å². The summed E-state index contributed by atoms with van der Waals surface area (Å²) in [6.45, 7) is 3.22. The van der Waals surface area contributed by atoms with E-state index in [1.165, 1.54) is 5.56 Å². The number of halogens is 3. The minimum absolute atomic E-state index is 0. The Morgan fingerprint density at radius 2 is 1.77 bits per heavy atom. The van der Waals surface area contributed by atoms with Crippen molar-refractivity contribution < 1.29 is 9.47 Å². The molecular formula is C19H27Cl3N2O2. The fourth-order valence-electron chi connectivity index (χ4n) is 2.34. The fourth-order valence-corrected chi connectivity index (χ4v) is 2.53. The number of benzene rings is 2. The highest BCUT2D eigenvalue weighted by Gasteiger charge is 2.07. The molecule has 0 aliphatic heterocycles. The van der Waals surface area contributed by atoms with Crippen LogP contribution in [0.25, 0.3) is 0 Å². The van der Waals surface area contributed by atoms with Crippen molar-refractivity contribution in [1.29, 1.82) is 0 Å². The van der Waals surface area contributed by atoms with Gasteiger partial charge in [-0.1, -0.05) is 35.9 Å². The molecule has 0 atom stereocenters. The number of rotatable bonds is 10. The highest BCUT2D eigenvalue weighted by Crippen LogP contribution is 2.29. The van der Waals surface area contributed by atoms with Gasteiger partial charge in [-0.25, -0.2) is 0 Å². The average Bonchev–Trinajstić information content (AvgIpc) is 2.61. The van der Waals surface area contributed by atoms with Gasteiger partial charge in [-0.3, -0.25) is 0 Å². The maximum absolute atomic E-state index is 6.16. The summed E-state index contributed by atoms with van der Waals surface area (Å²) < 4.78 is 11.3. The summed E-state index contributed by atoms with van der Waals surface area (Å²) in [5.41, 5.74) is 2.12. The molecule has 0 bridgehead atoms. The quantitative estimate of drug-likeness (QED) is 0.555. The van der Waals surface area contributed by atoms with Gasteiger partial charge < -0.3 is 20.1 Å². The normalized spacial score (nSPS) is 9.81. The molecule has 0 aliphatic rings. The Labute approximate surface area is 173 Å². The molecule has 0 saturated carbocycles. The van der Waals surface area contributed by atoms with Crippen molar-refractivity contribution in [3.8, 4) is 11.5 Å². The van der Waals surface area contributed by atoms with E-state index < -0.39 is 0 Å². The Balaban J connectivity index is 0.00000312. The van der Waals surface area contributed by atoms with Gasteiger partial charge in [-0.05, 0) is 50.3 Å². The van der Waals surface area contributed by atoms with Crippen LogP contribution in [0.5, 0.6) is 11.5 Å². The third-order valence-electron chi connectivity index (χ3n) is 3.68. The second kappa shape index (κ2) is 14.0. The predicted molar refractivity (Wildman–Crippen MR) is 114 cm³/mol. The predicted octanol–water partition coefficient (Wildman–Crippen LogP) is 4.47. The molecule has 0 radical (unpaired) electrons. The first kappa shape index (κ1) is 24.8. The molecule has 2 N–H and O–H groups in total. The molecular weight excluding hydrogens is 395 g/mol. The maximum atomic E-state index is 6.16.